The zero-order valence-corrected chi connectivity index (χ0v) is 10.7. The molecule has 4 heteroatoms. The summed E-state index contributed by atoms with van der Waals surface area (Å²) in [6.07, 6.45) is -0.525. The molecular weight excluding hydrogens is 242 g/mol. The molecule has 0 aliphatic carbocycles. The molecule has 1 aliphatic rings. The molecule has 1 aromatic carbocycles. The highest BCUT2D eigenvalue weighted by atomic mass is 16.5. The van der Waals surface area contributed by atoms with Crippen LogP contribution in [0.25, 0.3) is 0 Å². The monoisotopic (exact) mass is 257 g/mol. The summed E-state index contributed by atoms with van der Waals surface area (Å²) in [4.78, 5) is 4.38. The maximum Gasteiger partial charge on any atom is 0.130 e. The van der Waals surface area contributed by atoms with Gasteiger partial charge in [0.15, 0.2) is 0 Å². The lowest BCUT2D eigenvalue weighted by atomic mass is 10.1. The van der Waals surface area contributed by atoms with Gasteiger partial charge in [0.2, 0.25) is 0 Å². The molecule has 0 radical (unpaired) electrons. The van der Waals surface area contributed by atoms with Crippen LogP contribution < -0.4 is 9.47 Å². The fourth-order valence-corrected chi connectivity index (χ4v) is 2.10. The minimum absolute atomic E-state index is 0.318. The predicted molar refractivity (Wildman–Crippen MR) is 70.2 cm³/mol. The van der Waals surface area contributed by atoms with Gasteiger partial charge in [0, 0.05) is 17.3 Å². The molecule has 1 aliphatic heterocycles. The third-order valence-electron chi connectivity index (χ3n) is 3.07. The molecule has 2 aromatic rings. The maximum absolute atomic E-state index is 9.63. The normalized spacial score (nSPS) is 16.8. The molecule has 1 aromatic heterocycles. The summed E-state index contributed by atoms with van der Waals surface area (Å²) in [6.45, 7) is 2.69. The first-order chi connectivity index (χ1) is 9.22. The summed E-state index contributed by atoms with van der Waals surface area (Å²) in [5, 5.41) is 9.63. The molecule has 0 spiro atoms. The van der Waals surface area contributed by atoms with Gasteiger partial charge in [0.25, 0.3) is 0 Å². The number of rotatable bonds is 3. The van der Waals surface area contributed by atoms with Crippen molar-refractivity contribution in [3.63, 3.8) is 0 Å². The SMILES string of the molecule is Cc1cccc(COc2ccc3c(c2)OCC3O)n1. The van der Waals surface area contributed by atoms with E-state index in [1.54, 1.807) is 6.07 Å². The highest BCUT2D eigenvalue weighted by molar-refractivity contribution is 5.44. The van der Waals surface area contributed by atoms with Gasteiger partial charge < -0.3 is 14.6 Å². The fourth-order valence-electron chi connectivity index (χ4n) is 2.10. The number of aliphatic hydroxyl groups excluding tert-OH is 1. The summed E-state index contributed by atoms with van der Waals surface area (Å²) in [7, 11) is 0. The van der Waals surface area contributed by atoms with E-state index in [0.29, 0.717) is 19.0 Å². The van der Waals surface area contributed by atoms with E-state index in [1.165, 1.54) is 0 Å². The summed E-state index contributed by atoms with van der Waals surface area (Å²) < 4.78 is 11.1. The molecule has 98 valence electrons. The second-order valence-electron chi connectivity index (χ2n) is 4.59. The predicted octanol–water partition coefficient (Wildman–Crippen LogP) is 2.39. The van der Waals surface area contributed by atoms with Crippen LogP contribution in [0.5, 0.6) is 11.5 Å². The van der Waals surface area contributed by atoms with E-state index in [1.807, 2.05) is 37.3 Å². The number of pyridine rings is 1. The van der Waals surface area contributed by atoms with Crippen LogP contribution in [0.3, 0.4) is 0 Å². The van der Waals surface area contributed by atoms with Crippen LogP contribution in [0.15, 0.2) is 36.4 Å². The zero-order chi connectivity index (χ0) is 13.2. The van der Waals surface area contributed by atoms with Crippen LogP contribution in [0.1, 0.15) is 23.1 Å². The Morgan fingerprint density at radius 1 is 1.37 bits per heavy atom. The molecule has 3 rings (SSSR count). The van der Waals surface area contributed by atoms with Gasteiger partial charge in [0.1, 0.15) is 30.8 Å². The number of hydrogen-bond donors (Lipinski definition) is 1. The number of nitrogens with zero attached hydrogens (tertiary/aromatic N) is 1. The van der Waals surface area contributed by atoms with Crippen molar-refractivity contribution in [2.24, 2.45) is 0 Å². The van der Waals surface area contributed by atoms with Gasteiger partial charge in [0.05, 0.1) is 5.69 Å². The molecule has 19 heavy (non-hydrogen) atoms. The average molecular weight is 257 g/mol. The Kier molecular flexibility index (Phi) is 3.09. The molecule has 0 bridgehead atoms. The molecule has 0 saturated carbocycles. The summed E-state index contributed by atoms with van der Waals surface area (Å²) in [5.41, 5.74) is 2.68. The van der Waals surface area contributed by atoms with Crippen LogP contribution in [-0.4, -0.2) is 16.7 Å². The van der Waals surface area contributed by atoms with E-state index < -0.39 is 6.10 Å². The first kappa shape index (κ1) is 12.0. The molecule has 0 fully saturated rings. The van der Waals surface area contributed by atoms with Crippen molar-refractivity contribution in [1.29, 1.82) is 0 Å². The lowest BCUT2D eigenvalue weighted by Crippen LogP contribution is -1.99. The van der Waals surface area contributed by atoms with Crippen LogP contribution >= 0.6 is 0 Å². The Hall–Kier alpha value is -2.07. The number of aliphatic hydroxyl groups is 1. The molecule has 0 amide bonds. The molecule has 1 atom stereocenters. The van der Waals surface area contributed by atoms with Crippen molar-refractivity contribution >= 4 is 0 Å². The van der Waals surface area contributed by atoms with Crippen LogP contribution in [-0.2, 0) is 6.61 Å². The van der Waals surface area contributed by atoms with Crippen molar-refractivity contribution in [3.05, 3.63) is 53.3 Å². The molecule has 4 nitrogen and oxygen atoms in total. The molecule has 1 unspecified atom stereocenters. The van der Waals surface area contributed by atoms with E-state index in [4.69, 9.17) is 9.47 Å². The van der Waals surface area contributed by atoms with Crippen LogP contribution in [0.2, 0.25) is 0 Å². The van der Waals surface area contributed by atoms with E-state index in [9.17, 15) is 5.11 Å². The first-order valence-corrected chi connectivity index (χ1v) is 6.22. The third-order valence-corrected chi connectivity index (χ3v) is 3.07. The summed E-state index contributed by atoms with van der Waals surface area (Å²) >= 11 is 0. The maximum atomic E-state index is 9.63. The number of benzene rings is 1. The lowest BCUT2D eigenvalue weighted by molar-refractivity contribution is 0.140. The van der Waals surface area contributed by atoms with Gasteiger partial charge in [-0.3, -0.25) is 4.98 Å². The molecule has 2 heterocycles. The van der Waals surface area contributed by atoms with Crippen molar-refractivity contribution in [1.82, 2.24) is 4.98 Å². The van der Waals surface area contributed by atoms with Gasteiger partial charge in [-0.05, 0) is 31.2 Å². The average Bonchev–Trinajstić information content (AvgIpc) is 2.78. The summed E-state index contributed by atoms with van der Waals surface area (Å²) in [6, 6.07) is 11.3. The Balaban J connectivity index is 1.71. The Morgan fingerprint density at radius 2 is 2.26 bits per heavy atom. The Bertz CT molecular complexity index is 598. The third kappa shape index (κ3) is 2.53. The smallest absolute Gasteiger partial charge is 0.130 e. The van der Waals surface area contributed by atoms with Crippen molar-refractivity contribution in [2.45, 2.75) is 19.6 Å². The fraction of sp³-hybridized carbons (Fsp3) is 0.267. The standard InChI is InChI=1S/C15H15NO3/c1-10-3-2-4-11(16-10)8-18-12-5-6-13-14(17)9-19-15(13)7-12/h2-7,14,17H,8-9H2,1H3. The van der Waals surface area contributed by atoms with Gasteiger partial charge in [-0.25, -0.2) is 0 Å². The van der Waals surface area contributed by atoms with Crippen molar-refractivity contribution in [2.75, 3.05) is 6.61 Å². The van der Waals surface area contributed by atoms with Gasteiger partial charge in [-0.1, -0.05) is 6.07 Å². The number of ether oxygens (including phenoxy) is 2. The second kappa shape index (κ2) is 4.90. The lowest BCUT2D eigenvalue weighted by Gasteiger charge is -2.08. The van der Waals surface area contributed by atoms with Crippen molar-refractivity contribution in [3.8, 4) is 11.5 Å². The largest absolute Gasteiger partial charge is 0.490 e. The molecular formula is C15H15NO3. The number of hydrogen-bond acceptors (Lipinski definition) is 4. The number of aryl methyl sites for hydroxylation is 1. The minimum Gasteiger partial charge on any atom is -0.490 e. The first-order valence-electron chi connectivity index (χ1n) is 6.22. The Labute approximate surface area is 111 Å². The van der Waals surface area contributed by atoms with Gasteiger partial charge >= 0.3 is 0 Å². The zero-order valence-electron chi connectivity index (χ0n) is 10.7. The van der Waals surface area contributed by atoms with E-state index in [0.717, 1.165) is 22.7 Å². The molecule has 0 saturated heterocycles. The number of fused-ring (bicyclic) bond motifs is 1. The topological polar surface area (TPSA) is 51.6 Å². The van der Waals surface area contributed by atoms with Crippen LogP contribution in [0, 0.1) is 6.92 Å². The highest BCUT2D eigenvalue weighted by Gasteiger charge is 2.21. The quantitative estimate of drug-likeness (QED) is 0.917. The van der Waals surface area contributed by atoms with Crippen LogP contribution in [0.4, 0.5) is 0 Å². The second-order valence-corrected chi connectivity index (χ2v) is 4.59. The van der Waals surface area contributed by atoms with Gasteiger partial charge in [-0.2, -0.15) is 0 Å². The van der Waals surface area contributed by atoms with E-state index in [-0.39, 0.29) is 0 Å². The van der Waals surface area contributed by atoms with E-state index in [2.05, 4.69) is 4.98 Å². The summed E-state index contributed by atoms with van der Waals surface area (Å²) in [5.74, 6) is 1.42. The van der Waals surface area contributed by atoms with Crippen molar-refractivity contribution < 1.29 is 14.6 Å². The number of aromatic nitrogens is 1. The highest BCUT2D eigenvalue weighted by Crippen LogP contribution is 2.35. The molecule has 1 N–H and O–H groups in total. The Morgan fingerprint density at radius 3 is 3.11 bits per heavy atom. The minimum atomic E-state index is -0.525. The van der Waals surface area contributed by atoms with Gasteiger partial charge in [-0.15, -0.1) is 0 Å². The van der Waals surface area contributed by atoms with E-state index >= 15 is 0 Å².